The van der Waals surface area contributed by atoms with E-state index in [0.717, 1.165) is 55.8 Å². The first-order chi connectivity index (χ1) is 13.6. The Labute approximate surface area is 166 Å². The second-order valence-electron chi connectivity index (χ2n) is 7.44. The summed E-state index contributed by atoms with van der Waals surface area (Å²) in [7, 11) is 1.65. The Balaban J connectivity index is 1.58. The Hall–Kier alpha value is -2.40. The van der Waals surface area contributed by atoms with Crippen molar-refractivity contribution in [2.75, 3.05) is 20.2 Å². The lowest BCUT2D eigenvalue weighted by atomic mass is 9.95. The van der Waals surface area contributed by atoms with E-state index in [9.17, 15) is 9.18 Å². The molecule has 0 spiro atoms. The third-order valence-electron chi connectivity index (χ3n) is 5.44. The number of carbonyl (C=O) groups excluding carboxylic acids is 1. The van der Waals surface area contributed by atoms with E-state index >= 15 is 0 Å². The lowest BCUT2D eigenvalue weighted by Gasteiger charge is -2.33. The highest BCUT2D eigenvalue weighted by molar-refractivity contribution is 5.79. The van der Waals surface area contributed by atoms with Gasteiger partial charge >= 0.3 is 0 Å². The molecular weight excluding hydrogens is 355 g/mol. The summed E-state index contributed by atoms with van der Waals surface area (Å²) in [5.74, 6) is 0.699. The first-order valence-corrected chi connectivity index (χ1v) is 10.00. The molecule has 1 aliphatic rings. The topological polar surface area (TPSA) is 41.6 Å². The number of halogens is 1. The average molecular weight is 384 g/mol. The highest BCUT2D eigenvalue weighted by atomic mass is 19.1. The summed E-state index contributed by atoms with van der Waals surface area (Å²) in [6, 6.07) is 14.5. The number of ether oxygens (including phenoxy) is 1. The van der Waals surface area contributed by atoms with Crippen LogP contribution in [0.15, 0.2) is 48.5 Å². The number of carbonyl (C=O) groups is 1. The standard InChI is InChI=1S/C23H29FN2O2/c1-3-22(18-8-12-21(28-2)13-9-18)25-23(27)19-5-4-14-26(16-19)15-17-6-10-20(24)11-7-17/h6-13,19,22H,3-5,14-16H2,1-2H3,(H,25,27). The first-order valence-electron chi connectivity index (χ1n) is 10.00. The van der Waals surface area contributed by atoms with Crippen molar-refractivity contribution in [1.29, 1.82) is 0 Å². The van der Waals surface area contributed by atoms with Gasteiger partial charge in [-0.15, -0.1) is 0 Å². The lowest BCUT2D eigenvalue weighted by molar-refractivity contribution is -0.127. The minimum atomic E-state index is -0.219. The highest BCUT2D eigenvalue weighted by Crippen LogP contribution is 2.23. The zero-order chi connectivity index (χ0) is 19.9. The summed E-state index contributed by atoms with van der Waals surface area (Å²) in [5.41, 5.74) is 2.17. The summed E-state index contributed by atoms with van der Waals surface area (Å²) in [6.07, 6.45) is 2.74. The van der Waals surface area contributed by atoms with Gasteiger partial charge in [-0.25, -0.2) is 4.39 Å². The number of benzene rings is 2. The van der Waals surface area contributed by atoms with Crippen LogP contribution in [-0.2, 0) is 11.3 Å². The number of amides is 1. The van der Waals surface area contributed by atoms with Crippen molar-refractivity contribution >= 4 is 5.91 Å². The van der Waals surface area contributed by atoms with Gasteiger partial charge in [0.25, 0.3) is 0 Å². The summed E-state index contributed by atoms with van der Waals surface area (Å²) in [6.45, 7) is 4.54. The van der Waals surface area contributed by atoms with E-state index in [4.69, 9.17) is 4.74 Å². The number of likely N-dealkylation sites (tertiary alicyclic amines) is 1. The van der Waals surface area contributed by atoms with Crippen LogP contribution >= 0.6 is 0 Å². The van der Waals surface area contributed by atoms with E-state index in [1.165, 1.54) is 12.1 Å². The molecule has 1 aliphatic heterocycles. The molecule has 28 heavy (non-hydrogen) atoms. The molecule has 1 amide bonds. The van der Waals surface area contributed by atoms with E-state index in [1.807, 2.05) is 36.4 Å². The Bertz CT molecular complexity index is 761. The molecule has 1 saturated heterocycles. The molecule has 2 atom stereocenters. The number of nitrogens with one attached hydrogen (secondary N) is 1. The summed E-state index contributed by atoms with van der Waals surface area (Å²) >= 11 is 0. The molecule has 1 N–H and O–H groups in total. The van der Waals surface area contributed by atoms with Gasteiger partial charge in [0, 0.05) is 13.1 Å². The molecule has 3 rings (SSSR count). The largest absolute Gasteiger partial charge is 0.497 e. The fourth-order valence-electron chi connectivity index (χ4n) is 3.81. The first kappa shape index (κ1) is 20.3. The minimum absolute atomic E-state index is 0.00545. The predicted octanol–water partition coefficient (Wildman–Crippen LogP) is 4.31. The van der Waals surface area contributed by atoms with Gasteiger partial charge in [-0.05, 0) is 61.2 Å². The van der Waals surface area contributed by atoms with Crippen LogP contribution in [0.3, 0.4) is 0 Å². The molecule has 4 nitrogen and oxygen atoms in total. The van der Waals surface area contributed by atoms with Crippen LogP contribution < -0.4 is 10.1 Å². The van der Waals surface area contributed by atoms with Crippen LogP contribution in [0, 0.1) is 11.7 Å². The fraction of sp³-hybridized carbons (Fsp3) is 0.435. The Kier molecular flexibility index (Phi) is 7.04. The summed E-state index contributed by atoms with van der Waals surface area (Å²) < 4.78 is 18.3. The highest BCUT2D eigenvalue weighted by Gasteiger charge is 2.27. The second kappa shape index (κ2) is 9.69. The zero-order valence-corrected chi connectivity index (χ0v) is 16.7. The number of hydrogen-bond donors (Lipinski definition) is 1. The van der Waals surface area contributed by atoms with Gasteiger partial charge < -0.3 is 10.1 Å². The molecule has 1 heterocycles. The van der Waals surface area contributed by atoms with Crippen molar-refractivity contribution in [1.82, 2.24) is 10.2 Å². The van der Waals surface area contributed by atoms with Gasteiger partial charge in [0.15, 0.2) is 0 Å². The number of piperidine rings is 1. The Morgan fingerprint density at radius 1 is 1.21 bits per heavy atom. The van der Waals surface area contributed by atoms with E-state index < -0.39 is 0 Å². The fourth-order valence-corrected chi connectivity index (χ4v) is 3.81. The molecule has 2 unspecified atom stereocenters. The smallest absolute Gasteiger partial charge is 0.224 e. The molecular formula is C23H29FN2O2. The Morgan fingerprint density at radius 3 is 2.57 bits per heavy atom. The molecule has 0 aliphatic carbocycles. The number of methoxy groups -OCH3 is 1. The third-order valence-corrected chi connectivity index (χ3v) is 5.44. The molecule has 0 aromatic heterocycles. The van der Waals surface area contributed by atoms with Gasteiger partial charge in [0.1, 0.15) is 11.6 Å². The third kappa shape index (κ3) is 5.32. The second-order valence-corrected chi connectivity index (χ2v) is 7.44. The lowest BCUT2D eigenvalue weighted by Crippen LogP contribution is -2.43. The molecule has 2 aromatic carbocycles. The van der Waals surface area contributed by atoms with Crippen LogP contribution in [0.4, 0.5) is 4.39 Å². The van der Waals surface area contributed by atoms with Crippen molar-refractivity contribution in [3.63, 3.8) is 0 Å². The minimum Gasteiger partial charge on any atom is -0.497 e. The van der Waals surface area contributed by atoms with E-state index in [2.05, 4.69) is 17.1 Å². The van der Waals surface area contributed by atoms with Crippen LogP contribution in [0.5, 0.6) is 5.75 Å². The predicted molar refractivity (Wildman–Crippen MR) is 109 cm³/mol. The normalized spacial score (nSPS) is 18.5. The maximum Gasteiger partial charge on any atom is 0.224 e. The van der Waals surface area contributed by atoms with E-state index in [-0.39, 0.29) is 23.7 Å². The van der Waals surface area contributed by atoms with Crippen LogP contribution in [0.2, 0.25) is 0 Å². The summed E-state index contributed by atoms with van der Waals surface area (Å²) in [5, 5.41) is 3.23. The number of nitrogens with zero attached hydrogens (tertiary/aromatic N) is 1. The van der Waals surface area contributed by atoms with Gasteiger partial charge in [-0.3, -0.25) is 9.69 Å². The molecule has 0 saturated carbocycles. The molecule has 1 fully saturated rings. The van der Waals surface area contributed by atoms with Gasteiger partial charge in [-0.1, -0.05) is 31.2 Å². The maximum atomic E-state index is 13.1. The van der Waals surface area contributed by atoms with Crippen LogP contribution in [0.25, 0.3) is 0 Å². The molecule has 2 aromatic rings. The average Bonchev–Trinajstić information content (AvgIpc) is 2.74. The van der Waals surface area contributed by atoms with E-state index in [1.54, 1.807) is 7.11 Å². The van der Waals surface area contributed by atoms with Gasteiger partial charge in [-0.2, -0.15) is 0 Å². The zero-order valence-electron chi connectivity index (χ0n) is 16.7. The van der Waals surface area contributed by atoms with Crippen molar-refractivity contribution < 1.29 is 13.9 Å². The van der Waals surface area contributed by atoms with Gasteiger partial charge in [0.2, 0.25) is 5.91 Å². The van der Waals surface area contributed by atoms with Crippen LogP contribution in [-0.4, -0.2) is 31.0 Å². The van der Waals surface area contributed by atoms with Crippen molar-refractivity contribution in [2.45, 2.75) is 38.8 Å². The monoisotopic (exact) mass is 384 g/mol. The Morgan fingerprint density at radius 2 is 1.93 bits per heavy atom. The van der Waals surface area contributed by atoms with Crippen molar-refractivity contribution in [2.24, 2.45) is 5.92 Å². The molecule has 5 heteroatoms. The summed E-state index contributed by atoms with van der Waals surface area (Å²) in [4.78, 5) is 15.2. The van der Waals surface area contributed by atoms with Crippen molar-refractivity contribution in [3.05, 3.63) is 65.5 Å². The SMILES string of the molecule is CCC(NC(=O)C1CCCN(Cc2ccc(F)cc2)C1)c1ccc(OC)cc1. The molecule has 0 bridgehead atoms. The quantitative estimate of drug-likeness (QED) is 0.773. The molecule has 0 radical (unpaired) electrons. The van der Waals surface area contributed by atoms with Crippen LogP contribution in [0.1, 0.15) is 43.4 Å². The maximum absolute atomic E-state index is 13.1. The van der Waals surface area contributed by atoms with Gasteiger partial charge in [0.05, 0.1) is 19.1 Å². The van der Waals surface area contributed by atoms with E-state index in [0.29, 0.717) is 0 Å². The van der Waals surface area contributed by atoms with Crippen molar-refractivity contribution in [3.8, 4) is 5.75 Å². The number of rotatable bonds is 7. The number of hydrogen-bond acceptors (Lipinski definition) is 3. The molecule has 150 valence electrons.